The van der Waals surface area contributed by atoms with Gasteiger partial charge in [-0.1, -0.05) is 32.4 Å². The molecule has 26 heavy (non-hydrogen) atoms. The third-order valence-electron chi connectivity index (χ3n) is 4.35. The van der Waals surface area contributed by atoms with E-state index in [1.54, 1.807) is 0 Å². The van der Waals surface area contributed by atoms with Gasteiger partial charge in [-0.15, -0.1) is 0 Å². The van der Waals surface area contributed by atoms with Crippen LogP contribution in [0.1, 0.15) is 32.9 Å². The Kier molecular flexibility index (Phi) is 4.65. The average molecular weight is 404 g/mol. The Bertz CT molecular complexity index is 1070. The van der Waals surface area contributed by atoms with Crippen molar-refractivity contribution in [2.45, 2.75) is 32.6 Å². The van der Waals surface area contributed by atoms with Crippen LogP contribution in [0.3, 0.4) is 0 Å². The Labute approximate surface area is 154 Å². The maximum absolute atomic E-state index is 14.7. The summed E-state index contributed by atoms with van der Waals surface area (Å²) in [4.78, 5) is 0. The first-order valence-electron chi connectivity index (χ1n) is 7.70. The second-order valence-corrected chi connectivity index (χ2v) is 7.48. The first-order chi connectivity index (χ1) is 12.2. The summed E-state index contributed by atoms with van der Waals surface area (Å²) in [5.41, 5.74) is -0.401. The Morgan fingerprint density at radius 2 is 2.04 bits per heavy atom. The SMILES string of the molecule is CCC(C)(C)c1nn2c(-c3c(F)ccc(N[SH](=O)=O)c3F)n[nH]c2c1Cl. The molecule has 0 aliphatic carbocycles. The highest BCUT2D eigenvalue weighted by atomic mass is 35.5. The lowest BCUT2D eigenvalue weighted by Crippen LogP contribution is -2.17. The Hall–Kier alpha value is -2.20. The van der Waals surface area contributed by atoms with E-state index < -0.39 is 28.1 Å². The van der Waals surface area contributed by atoms with Gasteiger partial charge in [-0.3, -0.25) is 9.82 Å². The number of nitrogens with zero attached hydrogens (tertiary/aromatic N) is 3. The molecule has 0 radical (unpaired) electrons. The zero-order valence-electron chi connectivity index (χ0n) is 14.1. The van der Waals surface area contributed by atoms with Crippen molar-refractivity contribution in [3.63, 3.8) is 0 Å². The van der Waals surface area contributed by atoms with Crippen LogP contribution in [0, 0.1) is 11.6 Å². The normalized spacial score (nSPS) is 12.3. The van der Waals surface area contributed by atoms with Crippen LogP contribution in [0.5, 0.6) is 0 Å². The van der Waals surface area contributed by atoms with Crippen LogP contribution in [0.2, 0.25) is 5.02 Å². The van der Waals surface area contributed by atoms with E-state index in [1.165, 1.54) is 4.52 Å². The van der Waals surface area contributed by atoms with E-state index in [9.17, 15) is 17.2 Å². The third kappa shape index (κ3) is 2.92. The number of fused-ring (bicyclic) bond motifs is 1. The largest absolute Gasteiger partial charge is 0.283 e. The molecular formula is C15H16ClF2N5O2S. The van der Waals surface area contributed by atoms with Crippen molar-refractivity contribution in [3.8, 4) is 11.4 Å². The summed E-state index contributed by atoms with van der Waals surface area (Å²) in [5.74, 6) is -2.16. The number of aromatic amines is 1. The summed E-state index contributed by atoms with van der Waals surface area (Å²) in [7, 11) is -3.11. The number of halogens is 3. The monoisotopic (exact) mass is 403 g/mol. The predicted octanol–water partition coefficient (Wildman–Crippen LogP) is 3.28. The fourth-order valence-electron chi connectivity index (χ4n) is 2.51. The Balaban J connectivity index is 2.26. The molecular weight excluding hydrogens is 388 g/mol. The number of benzene rings is 1. The summed E-state index contributed by atoms with van der Waals surface area (Å²) >= 11 is 6.37. The average Bonchev–Trinajstić information content (AvgIpc) is 3.12. The molecule has 2 aromatic heterocycles. The first kappa shape index (κ1) is 18.6. The first-order valence-corrected chi connectivity index (χ1v) is 9.25. The maximum Gasteiger partial charge on any atom is 0.222 e. The molecule has 3 rings (SSSR count). The highest BCUT2D eigenvalue weighted by Crippen LogP contribution is 2.36. The molecule has 140 valence electrons. The standard InChI is InChI=1S/C15H16ClF2N5O2S/c1-4-15(2,3)12-10(16)14-20-19-13(23(14)21-12)9-7(17)5-6-8(11(9)18)22-26(24)25/h5-6,20,26H,4H2,1-3H3,(H,22,24,25). The van der Waals surface area contributed by atoms with E-state index >= 15 is 0 Å². The van der Waals surface area contributed by atoms with Crippen molar-refractivity contribution < 1.29 is 17.2 Å². The molecule has 0 unspecified atom stereocenters. The Morgan fingerprint density at radius 3 is 2.65 bits per heavy atom. The third-order valence-corrected chi connectivity index (χ3v) is 5.13. The summed E-state index contributed by atoms with van der Waals surface area (Å²) in [6.45, 7) is 5.87. The van der Waals surface area contributed by atoms with Crippen LogP contribution in [-0.2, 0) is 16.3 Å². The molecule has 1 aromatic carbocycles. The van der Waals surface area contributed by atoms with Gasteiger partial charge in [0.05, 0.1) is 16.9 Å². The number of hydrogen-bond donors (Lipinski definition) is 3. The zero-order chi connectivity index (χ0) is 19.2. The van der Waals surface area contributed by atoms with Crippen LogP contribution < -0.4 is 4.72 Å². The summed E-state index contributed by atoms with van der Waals surface area (Å²) in [6.07, 6.45) is 0.744. The minimum absolute atomic E-state index is 0.153. The van der Waals surface area contributed by atoms with Gasteiger partial charge >= 0.3 is 0 Å². The number of H-pyrrole nitrogens is 1. The smallest absolute Gasteiger partial charge is 0.222 e. The lowest BCUT2D eigenvalue weighted by molar-refractivity contribution is 0.487. The van der Waals surface area contributed by atoms with Gasteiger partial charge in [-0.2, -0.15) is 14.7 Å². The van der Waals surface area contributed by atoms with Gasteiger partial charge in [-0.25, -0.2) is 17.2 Å². The summed E-state index contributed by atoms with van der Waals surface area (Å²) < 4.78 is 53.8. The number of anilines is 1. The van der Waals surface area contributed by atoms with E-state index in [1.807, 2.05) is 25.5 Å². The molecule has 0 atom stereocenters. The van der Waals surface area contributed by atoms with Crippen molar-refractivity contribution in [2.24, 2.45) is 0 Å². The van der Waals surface area contributed by atoms with E-state index in [4.69, 9.17) is 11.6 Å². The zero-order valence-corrected chi connectivity index (χ0v) is 15.8. The van der Waals surface area contributed by atoms with Crippen molar-refractivity contribution >= 4 is 33.8 Å². The van der Waals surface area contributed by atoms with Crippen LogP contribution in [0.4, 0.5) is 14.5 Å². The van der Waals surface area contributed by atoms with Gasteiger partial charge in [0.25, 0.3) is 0 Å². The van der Waals surface area contributed by atoms with Crippen molar-refractivity contribution in [2.75, 3.05) is 4.72 Å². The lowest BCUT2D eigenvalue weighted by atomic mass is 9.87. The number of aromatic nitrogens is 4. The molecule has 0 spiro atoms. The van der Waals surface area contributed by atoms with Crippen LogP contribution >= 0.6 is 11.6 Å². The lowest BCUT2D eigenvalue weighted by Gasteiger charge is -2.19. The van der Waals surface area contributed by atoms with E-state index in [-0.39, 0.29) is 16.9 Å². The quantitative estimate of drug-likeness (QED) is 0.570. The topological polar surface area (TPSA) is 92.2 Å². The minimum atomic E-state index is -3.11. The summed E-state index contributed by atoms with van der Waals surface area (Å²) in [6, 6.07) is 1.94. The molecule has 0 aliphatic rings. The van der Waals surface area contributed by atoms with Gasteiger partial charge in [0.1, 0.15) is 10.8 Å². The Morgan fingerprint density at radius 1 is 1.35 bits per heavy atom. The van der Waals surface area contributed by atoms with Crippen molar-refractivity contribution in [1.29, 1.82) is 0 Å². The molecule has 0 bridgehead atoms. The number of nitrogens with one attached hydrogen (secondary N) is 2. The van der Waals surface area contributed by atoms with Crippen LogP contribution in [0.15, 0.2) is 12.1 Å². The second-order valence-electron chi connectivity index (χ2n) is 6.36. The fraction of sp³-hybridized carbons (Fsp3) is 0.333. The molecule has 2 heterocycles. The second kappa shape index (κ2) is 6.51. The molecule has 11 heteroatoms. The summed E-state index contributed by atoms with van der Waals surface area (Å²) in [5, 5.41) is 11.2. The minimum Gasteiger partial charge on any atom is -0.283 e. The highest BCUT2D eigenvalue weighted by molar-refractivity contribution is 7.73. The maximum atomic E-state index is 14.7. The molecule has 0 amide bonds. The molecule has 2 N–H and O–H groups in total. The van der Waals surface area contributed by atoms with Crippen molar-refractivity contribution in [3.05, 3.63) is 34.5 Å². The van der Waals surface area contributed by atoms with Gasteiger partial charge < -0.3 is 0 Å². The molecule has 0 saturated heterocycles. The molecule has 0 aliphatic heterocycles. The predicted molar refractivity (Wildman–Crippen MR) is 95.0 cm³/mol. The van der Waals surface area contributed by atoms with E-state index in [0.29, 0.717) is 16.4 Å². The number of thiol groups is 1. The molecule has 3 aromatic rings. The van der Waals surface area contributed by atoms with Crippen LogP contribution in [0.25, 0.3) is 17.0 Å². The van der Waals surface area contributed by atoms with Gasteiger partial charge in [0.15, 0.2) is 17.3 Å². The van der Waals surface area contributed by atoms with Crippen molar-refractivity contribution in [1.82, 2.24) is 19.8 Å². The molecule has 7 nitrogen and oxygen atoms in total. The number of hydrogen-bond acceptors (Lipinski definition) is 4. The molecule has 0 saturated carbocycles. The number of rotatable bonds is 5. The van der Waals surface area contributed by atoms with Gasteiger partial charge in [-0.05, 0) is 18.6 Å². The van der Waals surface area contributed by atoms with Gasteiger partial charge in [0, 0.05) is 5.41 Å². The molecule has 0 fully saturated rings. The van der Waals surface area contributed by atoms with E-state index in [0.717, 1.165) is 18.6 Å². The fourth-order valence-corrected chi connectivity index (χ4v) is 3.29. The highest BCUT2D eigenvalue weighted by Gasteiger charge is 2.29. The van der Waals surface area contributed by atoms with Gasteiger partial charge in [0.2, 0.25) is 10.9 Å². The van der Waals surface area contributed by atoms with Crippen LogP contribution in [-0.4, -0.2) is 28.2 Å². The van der Waals surface area contributed by atoms with E-state index in [2.05, 4.69) is 15.3 Å².